The number of nitrogens with zero attached hydrogens (tertiary/aromatic N) is 3. The second-order valence-electron chi connectivity index (χ2n) is 6.93. The molecule has 14 heteroatoms. The molecule has 0 bridgehead atoms. The van der Waals surface area contributed by atoms with E-state index in [-0.39, 0.29) is 28.4 Å². The number of anilines is 1. The van der Waals surface area contributed by atoms with Gasteiger partial charge in [-0.05, 0) is 25.3 Å². The molecule has 8 nitrogen and oxygen atoms in total. The monoisotopic (exact) mass is 485 g/mol. The van der Waals surface area contributed by atoms with Gasteiger partial charge in [0, 0.05) is 42.0 Å². The van der Waals surface area contributed by atoms with Gasteiger partial charge in [0.1, 0.15) is 15.4 Å². The molecular weight excluding hydrogens is 467 g/mol. The fourth-order valence-electron chi connectivity index (χ4n) is 3.23. The first kappa shape index (κ1) is 22.9. The predicted molar refractivity (Wildman–Crippen MR) is 107 cm³/mol. The van der Waals surface area contributed by atoms with Crippen LogP contribution in [0.5, 0.6) is 5.75 Å². The summed E-state index contributed by atoms with van der Waals surface area (Å²) in [6, 6.07) is 2.36. The number of aromatic nitrogens is 2. The van der Waals surface area contributed by atoms with Gasteiger partial charge >= 0.3 is 15.6 Å². The molecule has 1 aliphatic heterocycles. The van der Waals surface area contributed by atoms with Crippen LogP contribution < -0.4 is 9.08 Å². The van der Waals surface area contributed by atoms with Gasteiger partial charge < -0.3 is 9.08 Å². The van der Waals surface area contributed by atoms with Crippen molar-refractivity contribution < 1.29 is 34.2 Å². The van der Waals surface area contributed by atoms with Crippen LogP contribution in [0.15, 0.2) is 23.5 Å². The molecule has 0 N–H and O–H groups in total. The van der Waals surface area contributed by atoms with Crippen molar-refractivity contribution >= 4 is 48.3 Å². The zero-order chi connectivity index (χ0) is 22.5. The van der Waals surface area contributed by atoms with Gasteiger partial charge in [0.2, 0.25) is 0 Å². The van der Waals surface area contributed by atoms with Crippen molar-refractivity contribution in [2.45, 2.75) is 23.6 Å². The van der Waals surface area contributed by atoms with E-state index in [0.29, 0.717) is 17.6 Å². The highest BCUT2D eigenvalue weighted by atomic mass is 32.2. The summed E-state index contributed by atoms with van der Waals surface area (Å²) in [5, 5.41) is 0.521. The third-order valence-corrected chi connectivity index (χ3v) is 7.33. The first-order valence-corrected chi connectivity index (χ1v) is 13.2. The van der Waals surface area contributed by atoms with Crippen molar-refractivity contribution in [3.8, 4) is 5.75 Å². The number of halogens is 3. The summed E-state index contributed by atoms with van der Waals surface area (Å²) in [5.74, 6) is -0.659. The molecule has 3 rings (SSSR count). The third-order valence-electron chi connectivity index (χ3n) is 4.77. The molecule has 2 atom stereocenters. The first-order chi connectivity index (χ1) is 13.7. The van der Waals surface area contributed by atoms with Crippen LogP contribution in [0.4, 0.5) is 18.9 Å². The average Bonchev–Trinajstić information content (AvgIpc) is 2.63. The van der Waals surface area contributed by atoms with Crippen molar-refractivity contribution in [3.63, 3.8) is 0 Å². The van der Waals surface area contributed by atoms with Gasteiger partial charge in [0.15, 0.2) is 10.9 Å². The van der Waals surface area contributed by atoms with Gasteiger partial charge in [-0.15, -0.1) is 0 Å². The Balaban J connectivity index is 2.03. The molecule has 1 aliphatic rings. The van der Waals surface area contributed by atoms with Crippen LogP contribution in [-0.2, 0) is 20.0 Å². The minimum atomic E-state index is -5.87. The molecule has 0 spiro atoms. The average molecular weight is 486 g/mol. The van der Waals surface area contributed by atoms with Crippen molar-refractivity contribution in [2.75, 3.05) is 29.7 Å². The summed E-state index contributed by atoms with van der Waals surface area (Å²) >= 11 is 1.13. The number of hydrogen-bond acceptors (Lipinski definition) is 9. The van der Waals surface area contributed by atoms with Crippen LogP contribution in [0.2, 0.25) is 0 Å². The maximum Gasteiger partial charge on any atom is 0.534 e. The number of hydrogen-bond donors (Lipinski definition) is 0. The van der Waals surface area contributed by atoms with Gasteiger partial charge in [-0.25, -0.2) is 18.4 Å². The Morgan fingerprint density at radius 1 is 1.27 bits per heavy atom. The fourth-order valence-corrected chi connectivity index (χ4v) is 5.20. The van der Waals surface area contributed by atoms with Gasteiger partial charge in [0.25, 0.3) is 0 Å². The number of benzene rings is 1. The fraction of sp³-hybridized carbons (Fsp3) is 0.500. The summed E-state index contributed by atoms with van der Waals surface area (Å²) < 4.78 is 88.7. The molecule has 0 radical (unpaired) electrons. The van der Waals surface area contributed by atoms with E-state index in [9.17, 15) is 30.0 Å². The Labute approximate surface area is 175 Å². The van der Waals surface area contributed by atoms with E-state index in [2.05, 4.69) is 14.2 Å². The van der Waals surface area contributed by atoms with E-state index in [4.69, 9.17) is 0 Å². The Morgan fingerprint density at radius 2 is 1.93 bits per heavy atom. The number of rotatable bonds is 6. The van der Waals surface area contributed by atoms with Crippen LogP contribution in [0.3, 0.4) is 0 Å². The first-order valence-electron chi connectivity index (χ1n) is 8.52. The minimum Gasteiger partial charge on any atom is -0.374 e. The van der Waals surface area contributed by atoms with Crippen molar-refractivity contribution in [1.29, 1.82) is 0 Å². The van der Waals surface area contributed by atoms with E-state index in [1.165, 1.54) is 12.3 Å². The van der Waals surface area contributed by atoms with E-state index >= 15 is 0 Å². The van der Waals surface area contributed by atoms with Crippen molar-refractivity contribution in [2.24, 2.45) is 5.92 Å². The normalized spacial score (nSPS) is 20.3. The SMILES string of the molecule is CSc1ncc2c(N3C[C@H](CS(C)(=O)=O)[C@H]3C)ccc(OS(=O)(=O)C(F)(F)F)c2n1. The molecule has 2 heterocycles. The summed E-state index contributed by atoms with van der Waals surface area (Å²) in [6.45, 7) is 2.25. The van der Waals surface area contributed by atoms with Gasteiger partial charge in [-0.1, -0.05) is 11.8 Å². The van der Waals surface area contributed by atoms with Crippen LogP contribution >= 0.6 is 11.8 Å². The molecule has 1 saturated heterocycles. The third kappa shape index (κ3) is 4.44. The summed E-state index contributed by atoms with van der Waals surface area (Å²) in [6.07, 6.45) is 4.20. The lowest BCUT2D eigenvalue weighted by atomic mass is 9.90. The molecule has 0 amide bonds. The highest BCUT2D eigenvalue weighted by molar-refractivity contribution is 7.98. The molecule has 1 aromatic heterocycles. The lowest BCUT2D eigenvalue weighted by Crippen LogP contribution is -2.57. The maximum absolute atomic E-state index is 12.8. The van der Waals surface area contributed by atoms with E-state index < -0.39 is 31.2 Å². The molecule has 166 valence electrons. The number of alkyl halides is 3. The Bertz CT molecular complexity index is 1190. The zero-order valence-electron chi connectivity index (χ0n) is 16.0. The smallest absolute Gasteiger partial charge is 0.374 e. The largest absolute Gasteiger partial charge is 0.534 e. The molecular formula is C16H18F3N3O5S3. The molecule has 1 fully saturated rings. The Morgan fingerprint density at radius 3 is 2.47 bits per heavy atom. The maximum atomic E-state index is 12.8. The second kappa shape index (κ2) is 7.71. The molecule has 1 aromatic carbocycles. The van der Waals surface area contributed by atoms with E-state index in [1.807, 2.05) is 11.8 Å². The van der Waals surface area contributed by atoms with E-state index in [0.717, 1.165) is 24.1 Å². The van der Waals surface area contributed by atoms with Crippen molar-refractivity contribution in [1.82, 2.24) is 9.97 Å². The Kier molecular flexibility index (Phi) is 5.88. The number of fused-ring (bicyclic) bond motifs is 1. The topological polar surface area (TPSA) is 107 Å². The molecule has 30 heavy (non-hydrogen) atoms. The Hall–Kier alpha value is -1.80. The van der Waals surface area contributed by atoms with Gasteiger partial charge in [0.05, 0.1) is 5.75 Å². The lowest BCUT2D eigenvalue weighted by Gasteiger charge is -2.48. The predicted octanol–water partition coefficient (Wildman–Crippen LogP) is 2.45. The molecule has 0 unspecified atom stereocenters. The minimum absolute atomic E-state index is 0.0146. The highest BCUT2D eigenvalue weighted by Crippen LogP contribution is 2.40. The van der Waals surface area contributed by atoms with Crippen LogP contribution in [0.25, 0.3) is 10.9 Å². The summed E-state index contributed by atoms with van der Waals surface area (Å²) in [4.78, 5) is 10.1. The highest BCUT2D eigenvalue weighted by Gasteiger charge is 2.49. The second-order valence-corrected chi connectivity index (χ2v) is 11.4. The standard InChI is InChI=1S/C16H18F3N3O5S3/c1-9-10(8-29(3,23)24)7-22(9)12-4-5-13(27-30(25,26)16(17,18)19)14-11(12)6-20-15(21-14)28-2/h4-6,9-10H,7-8H2,1-3H3/t9-,10-/m1/s1. The van der Waals surface area contributed by atoms with E-state index in [1.54, 1.807) is 6.26 Å². The van der Waals surface area contributed by atoms with Crippen molar-refractivity contribution in [3.05, 3.63) is 18.3 Å². The molecule has 0 saturated carbocycles. The van der Waals surface area contributed by atoms with Gasteiger partial charge in [-0.3, -0.25) is 0 Å². The number of sulfone groups is 1. The summed E-state index contributed by atoms with van der Waals surface area (Å²) in [7, 11) is -9.04. The van der Waals surface area contributed by atoms with Crippen LogP contribution in [0, 0.1) is 5.92 Å². The molecule has 2 aromatic rings. The number of thioether (sulfide) groups is 1. The van der Waals surface area contributed by atoms with Gasteiger partial charge in [-0.2, -0.15) is 21.6 Å². The zero-order valence-corrected chi connectivity index (χ0v) is 18.5. The lowest BCUT2D eigenvalue weighted by molar-refractivity contribution is -0.0499. The van der Waals surface area contributed by atoms with Crippen LogP contribution in [0.1, 0.15) is 6.92 Å². The summed E-state index contributed by atoms with van der Waals surface area (Å²) in [5.41, 5.74) is -5.12. The quantitative estimate of drug-likeness (QED) is 0.264. The molecule has 0 aliphatic carbocycles. The van der Waals surface area contributed by atoms with Crippen LogP contribution in [-0.4, -0.2) is 63.2 Å².